The fourth-order valence-electron chi connectivity index (χ4n) is 1.03. The second kappa shape index (κ2) is 4.09. The molecule has 0 fully saturated rings. The lowest BCUT2D eigenvalue weighted by Gasteiger charge is -2.10. The Morgan fingerprint density at radius 3 is 2.64 bits per heavy atom. The van der Waals surface area contributed by atoms with Crippen LogP contribution in [-0.4, -0.2) is 24.9 Å². The van der Waals surface area contributed by atoms with E-state index in [4.69, 9.17) is 5.73 Å². The third kappa shape index (κ3) is 2.45. The van der Waals surface area contributed by atoms with Gasteiger partial charge in [0.15, 0.2) is 0 Å². The van der Waals surface area contributed by atoms with Crippen molar-refractivity contribution in [1.82, 2.24) is 4.90 Å². The van der Waals surface area contributed by atoms with Crippen LogP contribution in [0, 0.1) is 5.82 Å². The second-order valence-electron chi connectivity index (χ2n) is 3.32. The van der Waals surface area contributed by atoms with Crippen molar-refractivity contribution in [3.8, 4) is 0 Å². The molecule has 0 saturated carbocycles. The molecule has 0 radical (unpaired) electrons. The topological polar surface area (TPSA) is 46.3 Å². The van der Waals surface area contributed by atoms with Crippen molar-refractivity contribution in [2.45, 2.75) is 6.42 Å². The van der Waals surface area contributed by atoms with Crippen LogP contribution in [-0.2, 0) is 11.2 Å². The first-order valence-electron chi connectivity index (χ1n) is 4.24. The summed E-state index contributed by atoms with van der Waals surface area (Å²) in [6.45, 7) is 0. The summed E-state index contributed by atoms with van der Waals surface area (Å²) < 4.78 is 13.2. The summed E-state index contributed by atoms with van der Waals surface area (Å²) in [6, 6.07) is 4.34. The van der Waals surface area contributed by atoms with E-state index < -0.39 is 5.82 Å². The number of hydrogen-bond donors (Lipinski definition) is 1. The summed E-state index contributed by atoms with van der Waals surface area (Å²) in [5, 5.41) is 0. The van der Waals surface area contributed by atoms with Crippen molar-refractivity contribution >= 4 is 11.6 Å². The summed E-state index contributed by atoms with van der Waals surface area (Å²) in [6.07, 6.45) is 0.0686. The highest BCUT2D eigenvalue weighted by atomic mass is 19.1. The van der Waals surface area contributed by atoms with E-state index in [1.54, 1.807) is 20.2 Å². The van der Waals surface area contributed by atoms with E-state index in [1.165, 1.54) is 17.0 Å². The number of rotatable bonds is 2. The molecular weight excluding hydrogens is 183 g/mol. The third-order valence-corrected chi connectivity index (χ3v) is 1.92. The first-order chi connectivity index (χ1) is 6.50. The van der Waals surface area contributed by atoms with E-state index in [2.05, 4.69) is 0 Å². The van der Waals surface area contributed by atoms with Crippen molar-refractivity contribution in [1.29, 1.82) is 0 Å². The van der Waals surface area contributed by atoms with E-state index in [-0.39, 0.29) is 12.3 Å². The monoisotopic (exact) mass is 196 g/mol. The molecule has 1 rings (SSSR count). The lowest BCUT2D eigenvalue weighted by molar-refractivity contribution is -0.128. The molecule has 0 spiro atoms. The minimum atomic E-state index is -0.430. The van der Waals surface area contributed by atoms with Crippen LogP contribution in [0.2, 0.25) is 0 Å². The van der Waals surface area contributed by atoms with Gasteiger partial charge in [-0.25, -0.2) is 4.39 Å². The standard InChI is InChI=1S/C10H13FN2O/c1-13(2)10(14)5-7-3-4-8(12)6-9(7)11/h3-4,6H,5,12H2,1-2H3. The maximum absolute atomic E-state index is 13.2. The summed E-state index contributed by atoms with van der Waals surface area (Å²) in [5.74, 6) is -0.561. The molecule has 0 aliphatic carbocycles. The zero-order valence-corrected chi connectivity index (χ0v) is 8.25. The van der Waals surface area contributed by atoms with Gasteiger partial charge in [-0.05, 0) is 17.7 Å². The van der Waals surface area contributed by atoms with Crippen molar-refractivity contribution in [3.05, 3.63) is 29.6 Å². The highest BCUT2D eigenvalue weighted by Crippen LogP contribution is 2.12. The fraction of sp³-hybridized carbons (Fsp3) is 0.300. The number of hydrogen-bond acceptors (Lipinski definition) is 2. The average molecular weight is 196 g/mol. The lowest BCUT2D eigenvalue weighted by Crippen LogP contribution is -2.23. The molecule has 76 valence electrons. The molecule has 0 atom stereocenters. The molecule has 0 aliphatic heterocycles. The molecular formula is C10H13FN2O. The van der Waals surface area contributed by atoms with Crippen LogP contribution >= 0.6 is 0 Å². The number of nitrogen functional groups attached to an aromatic ring is 1. The van der Waals surface area contributed by atoms with Crippen molar-refractivity contribution in [3.63, 3.8) is 0 Å². The summed E-state index contributed by atoms with van der Waals surface area (Å²) >= 11 is 0. The number of benzene rings is 1. The number of halogens is 1. The molecule has 14 heavy (non-hydrogen) atoms. The maximum Gasteiger partial charge on any atom is 0.226 e. The number of anilines is 1. The van der Waals surface area contributed by atoms with Gasteiger partial charge in [-0.3, -0.25) is 4.79 Å². The van der Waals surface area contributed by atoms with E-state index >= 15 is 0 Å². The Bertz CT molecular complexity index is 350. The van der Waals surface area contributed by atoms with Gasteiger partial charge in [0.05, 0.1) is 6.42 Å². The van der Waals surface area contributed by atoms with Crippen LogP contribution in [0.3, 0.4) is 0 Å². The molecule has 1 aromatic rings. The van der Waals surface area contributed by atoms with Gasteiger partial charge in [0.25, 0.3) is 0 Å². The third-order valence-electron chi connectivity index (χ3n) is 1.92. The molecule has 0 aromatic heterocycles. The minimum absolute atomic E-state index is 0.0686. The van der Waals surface area contributed by atoms with Crippen LogP contribution in [0.4, 0.5) is 10.1 Å². The van der Waals surface area contributed by atoms with Crippen molar-refractivity contribution in [2.75, 3.05) is 19.8 Å². The normalized spacial score (nSPS) is 9.93. The van der Waals surface area contributed by atoms with Gasteiger partial charge in [-0.15, -0.1) is 0 Å². The predicted octanol–water partition coefficient (Wildman–Crippen LogP) is 1.04. The van der Waals surface area contributed by atoms with Gasteiger partial charge in [-0.1, -0.05) is 6.07 Å². The Hall–Kier alpha value is -1.58. The Morgan fingerprint density at radius 1 is 1.50 bits per heavy atom. The molecule has 1 amide bonds. The molecule has 0 bridgehead atoms. The number of likely N-dealkylation sites (N-methyl/N-ethyl adjacent to an activating group) is 1. The molecule has 0 unspecified atom stereocenters. The van der Waals surface area contributed by atoms with E-state index in [0.29, 0.717) is 11.3 Å². The van der Waals surface area contributed by atoms with Gasteiger partial charge in [0, 0.05) is 19.8 Å². The molecule has 3 nitrogen and oxygen atoms in total. The Kier molecular flexibility index (Phi) is 3.06. The van der Waals surface area contributed by atoms with Gasteiger partial charge in [0.2, 0.25) is 5.91 Å². The summed E-state index contributed by atoms with van der Waals surface area (Å²) in [4.78, 5) is 12.7. The van der Waals surface area contributed by atoms with Gasteiger partial charge in [-0.2, -0.15) is 0 Å². The highest BCUT2D eigenvalue weighted by molar-refractivity contribution is 5.78. The molecule has 2 N–H and O–H groups in total. The SMILES string of the molecule is CN(C)C(=O)Cc1ccc(N)cc1F. The number of nitrogens with two attached hydrogens (primary N) is 1. The zero-order valence-electron chi connectivity index (χ0n) is 8.25. The molecule has 0 aliphatic rings. The van der Waals surface area contributed by atoms with Crippen LogP contribution in [0.5, 0.6) is 0 Å². The van der Waals surface area contributed by atoms with Gasteiger partial charge >= 0.3 is 0 Å². The van der Waals surface area contributed by atoms with Crippen LogP contribution in [0.1, 0.15) is 5.56 Å². The number of nitrogens with zero attached hydrogens (tertiary/aromatic N) is 1. The van der Waals surface area contributed by atoms with Gasteiger partial charge in [0.1, 0.15) is 5.82 Å². The first kappa shape index (κ1) is 10.5. The Balaban J connectivity index is 2.82. The Morgan fingerprint density at radius 2 is 2.14 bits per heavy atom. The molecule has 4 heteroatoms. The van der Waals surface area contributed by atoms with Gasteiger partial charge < -0.3 is 10.6 Å². The van der Waals surface area contributed by atoms with E-state index in [0.717, 1.165) is 0 Å². The predicted molar refractivity (Wildman–Crippen MR) is 53.2 cm³/mol. The molecule has 0 saturated heterocycles. The molecule has 1 aromatic carbocycles. The Labute approximate surface area is 82.3 Å². The van der Waals surface area contributed by atoms with Crippen LogP contribution in [0.15, 0.2) is 18.2 Å². The highest BCUT2D eigenvalue weighted by Gasteiger charge is 2.09. The second-order valence-corrected chi connectivity index (χ2v) is 3.32. The largest absolute Gasteiger partial charge is 0.399 e. The van der Waals surface area contributed by atoms with Crippen LogP contribution < -0.4 is 5.73 Å². The number of carbonyl (C=O) groups is 1. The maximum atomic E-state index is 13.2. The van der Waals surface area contributed by atoms with Crippen molar-refractivity contribution in [2.24, 2.45) is 0 Å². The quantitative estimate of drug-likeness (QED) is 0.718. The average Bonchev–Trinajstić information content (AvgIpc) is 2.09. The first-order valence-corrected chi connectivity index (χ1v) is 4.24. The molecule has 0 heterocycles. The fourth-order valence-corrected chi connectivity index (χ4v) is 1.03. The van der Waals surface area contributed by atoms with E-state index in [1.807, 2.05) is 0 Å². The number of amides is 1. The number of carbonyl (C=O) groups excluding carboxylic acids is 1. The van der Waals surface area contributed by atoms with Crippen molar-refractivity contribution < 1.29 is 9.18 Å². The summed E-state index contributed by atoms with van der Waals surface area (Å²) in [7, 11) is 3.27. The summed E-state index contributed by atoms with van der Waals surface area (Å²) in [5.41, 5.74) is 6.12. The smallest absolute Gasteiger partial charge is 0.226 e. The zero-order chi connectivity index (χ0) is 10.7. The lowest BCUT2D eigenvalue weighted by atomic mass is 10.1. The van der Waals surface area contributed by atoms with Crippen LogP contribution in [0.25, 0.3) is 0 Å². The minimum Gasteiger partial charge on any atom is -0.399 e. The van der Waals surface area contributed by atoms with E-state index in [9.17, 15) is 9.18 Å².